The third-order valence-corrected chi connectivity index (χ3v) is 3.36. The molecule has 19 heavy (non-hydrogen) atoms. The Morgan fingerprint density at radius 2 is 2.00 bits per heavy atom. The van der Waals surface area contributed by atoms with Gasteiger partial charge in [-0.2, -0.15) is 5.10 Å². The van der Waals surface area contributed by atoms with Crippen molar-refractivity contribution in [2.75, 3.05) is 13.1 Å². The minimum absolute atomic E-state index is 0. The molecule has 0 unspecified atom stereocenters. The van der Waals surface area contributed by atoms with Crippen LogP contribution in [0.15, 0.2) is 42.6 Å². The van der Waals surface area contributed by atoms with Crippen molar-refractivity contribution >= 4 is 12.4 Å². The number of rotatable bonds is 3. The molecule has 0 spiro atoms. The molecule has 2 aromatic rings. The number of halogens is 1. The average molecular weight is 279 g/mol. The summed E-state index contributed by atoms with van der Waals surface area (Å²) in [6, 6.07) is 12.6. The summed E-state index contributed by atoms with van der Waals surface area (Å²) < 4.78 is 1.92. The van der Waals surface area contributed by atoms with Gasteiger partial charge in [-0.05, 0) is 24.6 Å². The van der Waals surface area contributed by atoms with Gasteiger partial charge < -0.3 is 5.73 Å². The van der Waals surface area contributed by atoms with Gasteiger partial charge in [-0.1, -0.05) is 18.2 Å². The number of hydrogen-bond acceptors (Lipinski definition) is 3. The Morgan fingerprint density at radius 1 is 1.21 bits per heavy atom. The zero-order valence-corrected chi connectivity index (χ0v) is 11.6. The molecular weight excluding hydrogens is 260 g/mol. The third-order valence-electron chi connectivity index (χ3n) is 3.36. The minimum atomic E-state index is 0. The van der Waals surface area contributed by atoms with Crippen molar-refractivity contribution in [3.63, 3.8) is 0 Å². The van der Waals surface area contributed by atoms with E-state index in [-0.39, 0.29) is 12.4 Å². The fraction of sp³-hybridized carbons (Fsp3) is 0.357. The van der Waals surface area contributed by atoms with Gasteiger partial charge in [-0.15, -0.1) is 12.4 Å². The molecule has 2 N–H and O–H groups in total. The molecule has 0 aliphatic carbocycles. The second kappa shape index (κ2) is 6.19. The van der Waals surface area contributed by atoms with Crippen LogP contribution in [0.25, 0.3) is 5.69 Å². The topological polar surface area (TPSA) is 47.1 Å². The van der Waals surface area contributed by atoms with E-state index in [0.717, 1.165) is 37.4 Å². The summed E-state index contributed by atoms with van der Waals surface area (Å²) in [5.74, 6) is 0. The second-order valence-corrected chi connectivity index (χ2v) is 4.87. The third kappa shape index (κ3) is 3.35. The quantitative estimate of drug-likeness (QED) is 0.932. The Balaban J connectivity index is 0.00000133. The highest BCUT2D eigenvalue weighted by Crippen LogP contribution is 2.12. The Morgan fingerprint density at radius 3 is 2.68 bits per heavy atom. The van der Waals surface area contributed by atoms with Crippen LogP contribution in [-0.4, -0.2) is 33.8 Å². The number of hydrogen-bond donors (Lipinski definition) is 1. The molecule has 1 fully saturated rings. The first kappa shape index (κ1) is 14.1. The van der Waals surface area contributed by atoms with E-state index in [9.17, 15) is 0 Å². The highest BCUT2D eigenvalue weighted by atomic mass is 35.5. The summed E-state index contributed by atoms with van der Waals surface area (Å²) in [7, 11) is 0. The summed E-state index contributed by atoms with van der Waals surface area (Å²) in [6.07, 6.45) is 3.11. The van der Waals surface area contributed by atoms with Crippen LogP contribution in [-0.2, 0) is 6.54 Å². The molecule has 0 saturated carbocycles. The van der Waals surface area contributed by atoms with Crippen LogP contribution in [0.2, 0.25) is 0 Å². The van der Waals surface area contributed by atoms with E-state index < -0.39 is 0 Å². The molecule has 0 amide bonds. The van der Waals surface area contributed by atoms with E-state index in [4.69, 9.17) is 5.73 Å². The van der Waals surface area contributed by atoms with E-state index in [0.29, 0.717) is 6.04 Å². The van der Waals surface area contributed by atoms with Crippen LogP contribution >= 0.6 is 12.4 Å². The van der Waals surface area contributed by atoms with Gasteiger partial charge >= 0.3 is 0 Å². The fourth-order valence-electron chi connectivity index (χ4n) is 2.41. The molecule has 3 rings (SSSR count). The summed E-state index contributed by atoms with van der Waals surface area (Å²) in [4.78, 5) is 2.36. The summed E-state index contributed by atoms with van der Waals surface area (Å²) >= 11 is 0. The second-order valence-electron chi connectivity index (χ2n) is 4.87. The average Bonchev–Trinajstić information content (AvgIpc) is 3.01. The van der Waals surface area contributed by atoms with Crippen LogP contribution in [0.1, 0.15) is 12.1 Å². The molecule has 0 bridgehead atoms. The maximum atomic E-state index is 5.91. The lowest BCUT2D eigenvalue weighted by Crippen LogP contribution is -2.26. The molecule has 1 aromatic heterocycles. The molecule has 2 heterocycles. The van der Waals surface area contributed by atoms with E-state index in [1.807, 2.05) is 29.1 Å². The van der Waals surface area contributed by atoms with Crippen molar-refractivity contribution in [1.82, 2.24) is 14.7 Å². The number of aromatic nitrogens is 2. The number of para-hydroxylation sites is 1. The van der Waals surface area contributed by atoms with Crippen molar-refractivity contribution in [3.8, 4) is 5.69 Å². The summed E-state index contributed by atoms with van der Waals surface area (Å²) in [5, 5.41) is 4.60. The molecule has 1 aromatic carbocycles. The molecule has 5 heteroatoms. The summed E-state index contributed by atoms with van der Waals surface area (Å²) in [6.45, 7) is 2.96. The first-order valence-corrected chi connectivity index (χ1v) is 6.39. The largest absolute Gasteiger partial charge is 0.326 e. The molecule has 4 nitrogen and oxygen atoms in total. The van der Waals surface area contributed by atoms with Crippen LogP contribution < -0.4 is 5.73 Å². The first-order valence-electron chi connectivity index (χ1n) is 6.39. The molecule has 1 saturated heterocycles. The lowest BCUT2D eigenvalue weighted by Gasteiger charge is -2.12. The standard InChI is InChI=1S/C14H18N4.ClH/c15-12-6-8-17(10-12)11-13-7-9-18(16-13)14-4-2-1-3-5-14;/h1-5,7,9,12H,6,8,10-11,15H2;1H/t12-;/m0./s1. The molecule has 1 atom stereocenters. The van der Waals surface area contributed by atoms with E-state index in [2.05, 4.69) is 28.2 Å². The van der Waals surface area contributed by atoms with Gasteiger partial charge in [0.1, 0.15) is 0 Å². The first-order chi connectivity index (χ1) is 8.81. The monoisotopic (exact) mass is 278 g/mol. The van der Waals surface area contributed by atoms with Crippen molar-refractivity contribution < 1.29 is 0 Å². The van der Waals surface area contributed by atoms with Crippen molar-refractivity contribution in [2.45, 2.75) is 19.0 Å². The smallest absolute Gasteiger partial charge is 0.0769 e. The van der Waals surface area contributed by atoms with Gasteiger partial charge in [0.05, 0.1) is 11.4 Å². The molecule has 1 aliphatic rings. The van der Waals surface area contributed by atoms with Crippen LogP contribution in [0.5, 0.6) is 0 Å². The predicted octanol–water partition coefficient (Wildman–Crippen LogP) is 1.83. The van der Waals surface area contributed by atoms with Crippen molar-refractivity contribution in [1.29, 1.82) is 0 Å². The van der Waals surface area contributed by atoms with Crippen molar-refractivity contribution in [3.05, 3.63) is 48.3 Å². The Kier molecular flexibility index (Phi) is 4.58. The van der Waals surface area contributed by atoms with E-state index >= 15 is 0 Å². The van der Waals surface area contributed by atoms with Gasteiger partial charge in [-0.3, -0.25) is 4.90 Å². The SMILES string of the molecule is Cl.N[C@H]1CCN(Cc2ccn(-c3ccccc3)n2)C1. The van der Waals surface area contributed by atoms with Gasteiger partial charge in [0.15, 0.2) is 0 Å². The normalized spacial score (nSPS) is 19.3. The van der Waals surface area contributed by atoms with Crippen LogP contribution in [0.3, 0.4) is 0 Å². The lowest BCUT2D eigenvalue weighted by molar-refractivity contribution is 0.322. The molecular formula is C14H19ClN4. The molecule has 1 aliphatic heterocycles. The van der Waals surface area contributed by atoms with Gasteiger partial charge in [0.25, 0.3) is 0 Å². The Labute approximate surface area is 119 Å². The highest BCUT2D eigenvalue weighted by molar-refractivity contribution is 5.85. The molecule has 0 radical (unpaired) electrons. The fourth-order valence-corrected chi connectivity index (χ4v) is 2.41. The van der Waals surface area contributed by atoms with Gasteiger partial charge in [0.2, 0.25) is 0 Å². The number of nitrogens with zero attached hydrogens (tertiary/aromatic N) is 3. The number of nitrogens with two attached hydrogens (primary N) is 1. The highest BCUT2D eigenvalue weighted by Gasteiger charge is 2.19. The molecule has 102 valence electrons. The maximum Gasteiger partial charge on any atom is 0.0769 e. The summed E-state index contributed by atoms with van der Waals surface area (Å²) in [5.41, 5.74) is 8.11. The zero-order valence-electron chi connectivity index (χ0n) is 10.8. The predicted molar refractivity (Wildman–Crippen MR) is 78.7 cm³/mol. The number of benzene rings is 1. The van der Waals surface area contributed by atoms with Crippen LogP contribution in [0, 0.1) is 0 Å². The van der Waals surface area contributed by atoms with E-state index in [1.165, 1.54) is 0 Å². The Hall–Kier alpha value is -1.36. The van der Waals surface area contributed by atoms with Gasteiger partial charge in [-0.25, -0.2) is 4.68 Å². The number of likely N-dealkylation sites (tertiary alicyclic amines) is 1. The van der Waals surface area contributed by atoms with Gasteiger partial charge in [0, 0.05) is 31.9 Å². The zero-order chi connectivity index (χ0) is 12.4. The van der Waals surface area contributed by atoms with E-state index in [1.54, 1.807) is 0 Å². The Bertz CT molecular complexity index is 511. The lowest BCUT2D eigenvalue weighted by atomic mass is 10.3. The van der Waals surface area contributed by atoms with Crippen molar-refractivity contribution in [2.24, 2.45) is 5.73 Å². The van der Waals surface area contributed by atoms with Crippen LogP contribution in [0.4, 0.5) is 0 Å². The minimum Gasteiger partial charge on any atom is -0.326 e. The maximum absolute atomic E-state index is 5.91.